The van der Waals surface area contributed by atoms with Gasteiger partial charge in [-0.3, -0.25) is 0 Å². The second kappa shape index (κ2) is 13.0. The summed E-state index contributed by atoms with van der Waals surface area (Å²) < 4.78 is 5.00. The Morgan fingerprint density at radius 2 is 0.667 bits per heavy atom. The standard InChI is InChI=1S/C58H42N2/c1-35-36(2)38(4)58(60-54-31-16-13-25-47(54)51-34-39(32-33-55(51)60)59-52-29-14-11-23-45(52)46-24-12-15-30-53(46)59)56(37(35)3)50-28-17-27-49-44-21-8-7-20-42(44)40-18-5-6-19-41(40)43-22-9-10-26-48(43)57(49)50/h5-34H,1-4H3. The third-order valence-electron chi connectivity index (χ3n) is 13.6. The molecule has 1 aliphatic carbocycles. The zero-order valence-electron chi connectivity index (χ0n) is 34.2. The summed E-state index contributed by atoms with van der Waals surface area (Å²) in [6.07, 6.45) is 0. The topological polar surface area (TPSA) is 9.86 Å². The van der Waals surface area contributed by atoms with E-state index in [0.717, 1.165) is 5.69 Å². The summed E-state index contributed by atoms with van der Waals surface area (Å²) >= 11 is 0. The second-order valence-electron chi connectivity index (χ2n) is 16.5. The van der Waals surface area contributed by atoms with Crippen LogP contribution in [0.5, 0.6) is 0 Å². The molecule has 11 aromatic rings. The molecule has 9 aromatic carbocycles. The normalized spacial score (nSPS) is 12.0. The van der Waals surface area contributed by atoms with Gasteiger partial charge in [0.2, 0.25) is 0 Å². The van der Waals surface area contributed by atoms with Gasteiger partial charge in [0.25, 0.3) is 0 Å². The maximum atomic E-state index is 2.57. The van der Waals surface area contributed by atoms with E-state index in [4.69, 9.17) is 0 Å². The first kappa shape index (κ1) is 34.6. The predicted octanol–water partition coefficient (Wildman–Crippen LogP) is 15.8. The zero-order valence-corrected chi connectivity index (χ0v) is 34.2. The predicted molar refractivity (Wildman–Crippen MR) is 255 cm³/mol. The molecular formula is C58H42N2. The quantitative estimate of drug-likeness (QED) is 0.169. The third kappa shape index (κ3) is 4.76. The molecule has 0 bridgehead atoms. The van der Waals surface area contributed by atoms with Crippen molar-refractivity contribution in [2.45, 2.75) is 27.7 Å². The van der Waals surface area contributed by atoms with Crippen molar-refractivity contribution in [2.24, 2.45) is 0 Å². The van der Waals surface area contributed by atoms with Crippen molar-refractivity contribution in [3.05, 3.63) is 204 Å². The summed E-state index contributed by atoms with van der Waals surface area (Å²) in [7, 11) is 0. The Bertz CT molecular complexity index is 3530. The highest BCUT2D eigenvalue weighted by atomic mass is 15.0. The molecule has 1 aliphatic rings. The highest BCUT2D eigenvalue weighted by Gasteiger charge is 2.28. The van der Waals surface area contributed by atoms with E-state index >= 15 is 0 Å². The molecule has 2 heterocycles. The molecule has 2 heteroatoms. The number of hydrogen-bond acceptors (Lipinski definition) is 0. The smallest absolute Gasteiger partial charge is 0.0575 e. The van der Waals surface area contributed by atoms with Gasteiger partial charge < -0.3 is 9.13 Å². The van der Waals surface area contributed by atoms with Crippen LogP contribution in [0.2, 0.25) is 0 Å². The molecule has 0 saturated heterocycles. The van der Waals surface area contributed by atoms with Gasteiger partial charge in [-0.1, -0.05) is 146 Å². The van der Waals surface area contributed by atoms with Gasteiger partial charge in [0.05, 0.1) is 27.8 Å². The molecule has 0 fully saturated rings. The van der Waals surface area contributed by atoms with Gasteiger partial charge in [-0.05, 0) is 136 Å². The molecule has 0 spiro atoms. The number of fused-ring (bicyclic) bond motifs is 14. The van der Waals surface area contributed by atoms with E-state index in [0.29, 0.717) is 0 Å². The Morgan fingerprint density at radius 3 is 1.25 bits per heavy atom. The van der Waals surface area contributed by atoms with Gasteiger partial charge in [-0.25, -0.2) is 0 Å². The highest BCUT2D eigenvalue weighted by Crippen LogP contribution is 2.53. The molecular weight excluding hydrogens is 725 g/mol. The molecule has 0 amide bonds. The van der Waals surface area contributed by atoms with Crippen molar-refractivity contribution in [3.63, 3.8) is 0 Å². The molecule has 12 rings (SSSR count). The lowest BCUT2D eigenvalue weighted by molar-refractivity contribution is 1.10. The fourth-order valence-corrected chi connectivity index (χ4v) is 10.6. The van der Waals surface area contributed by atoms with Crippen LogP contribution in [-0.2, 0) is 0 Å². The average Bonchev–Trinajstić information content (AvgIpc) is 3.81. The fraction of sp³-hybridized carbons (Fsp3) is 0.0690. The van der Waals surface area contributed by atoms with Crippen LogP contribution in [0.4, 0.5) is 0 Å². The van der Waals surface area contributed by atoms with Gasteiger partial charge in [0, 0.05) is 32.8 Å². The molecule has 60 heavy (non-hydrogen) atoms. The summed E-state index contributed by atoms with van der Waals surface area (Å²) in [6, 6.07) is 67.6. The molecule has 0 aliphatic heterocycles. The molecule has 0 unspecified atom stereocenters. The lowest BCUT2D eigenvalue weighted by Crippen LogP contribution is -2.08. The zero-order chi connectivity index (χ0) is 40.2. The molecule has 2 aromatic heterocycles. The van der Waals surface area contributed by atoms with Crippen molar-refractivity contribution in [1.29, 1.82) is 0 Å². The first-order valence-corrected chi connectivity index (χ1v) is 21.0. The van der Waals surface area contributed by atoms with Gasteiger partial charge in [-0.2, -0.15) is 0 Å². The van der Waals surface area contributed by atoms with Gasteiger partial charge >= 0.3 is 0 Å². The summed E-state index contributed by atoms with van der Waals surface area (Å²) in [6.45, 7) is 9.28. The minimum atomic E-state index is 1.16. The number of para-hydroxylation sites is 3. The van der Waals surface area contributed by atoms with E-state index in [1.807, 2.05) is 0 Å². The fourth-order valence-electron chi connectivity index (χ4n) is 10.6. The molecule has 0 N–H and O–H groups in total. The van der Waals surface area contributed by atoms with Gasteiger partial charge in [0.1, 0.15) is 0 Å². The van der Waals surface area contributed by atoms with E-state index in [2.05, 4.69) is 219 Å². The van der Waals surface area contributed by atoms with Crippen LogP contribution in [-0.4, -0.2) is 9.13 Å². The highest BCUT2D eigenvalue weighted by molar-refractivity contribution is 6.14. The van der Waals surface area contributed by atoms with Crippen LogP contribution >= 0.6 is 0 Å². The summed E-state index contributed by atoms with van der Waals surface area (Å²) in [5.41, 5.74) is 25.1. The number of hydrogen-bond donors (Lipinski definition) is 0. The Balaban J connectivity index is 1.19. The van der Waals surface area contributed by atoms with Gasteiger partial charge in [-0.15, -0.1) is 0 Å². The van der Waals surface area contributed by atoms with Crippen molar-refractivity contribution in [3.8, 4) is 67.0 Å². The Hall–Kier alpha value is -7.42. The van der Waals surface area contributed by atoms with Crippen molar-refractivity contribution < 1.29 is 0 Å². The Kier molecular flexibility index (Phi) is 7.52. The molecule has 284 valence electrons. The largest absolute Gasteiger partial charge is 0.309 e. The maximum Gasteiger partial charge on any atom is 0.0575 e. The maximum absolute atomic E-state index is 2.57. The minimum Gasteiger partial charge on any atom is -0.309 e. The van der Waals surface area contributed by atoms with E-state index in [-0.39, 0.29) is 0 Å². The molecule has 2 nitrogen and oxygen atoms in total. The van der Waals surface area contributed by atoms with E-state index < -0.39 is 0 Å². The third-order valence-corrected chi connectivity index (χ3v) is 13.6. The van der Waals surface area contributed by atoms with Gasteiger partial charge in [0.15, 0.2) is 0 Å². The number of nitrogens with zero attached hydrogens (tertiary/aromatic N) is 2. The van der Waals surface area contributed by atoms with Crippen molar-refractivity contribution in [1.82, 2.24) is 9.13 Å². The Morgan fingerprint density at radius 1 is 0.267 bits per heavy atom. The first-order valence-electron chi connectivity index (χ1n) is 21.0. The molecule has 0 atom stereocenters. The van der Waals surface area contributed by atoms with Crippen LogP contribution < -0.4 is 0 Å². The number of rotatable bonds is 3. The number of benzene rings is 9. The SMILES string of the molecule is Cc1c(C)c(C)c(-n2c3ccccc3c3cc(-n4c5ccccc5c5ccccc54)ccc32)c(-c2cccc3c2-c2ccccc2-c2ccccc2-c2ccccc2-3)c1C. The number of aromatic nitrogens is 2. The first-order chi connectivity index (χ1) is 29.5. The van der Waals surface area contributed by atoms with Crippen molar-refractivity contribution in [2.75, 3.05) is 0 Å². The van der Waals surface area contributed by atoms with Crippen LogP contribution in [0, 0.1) is 27.7 Å². The monoisotopic (exact) mass is 766 g/mol. The van der Waals surface area contributed by atoms with E-state index in [1.165, 1.54) is 127 Å². The van der Waals surface area contributed by atoms with E-state index in [1.54, 1.807) is 0 Å². The summed E-state index contributed by atoms with van der Waals surface area (Å²) in [4.78, 5) is 0. The van der Waals surface area contributed by atoms with Crippen LogP contribution in [0.25, 0.3) is 111 Å². The Labute approximate surface area is 350 Å². The molecule has 0 radical (unpaired) electrons. The van der Waals surface area contributed by atoms with E-state index in [9.17, 15) is 0 Å². The van der Waals surface area contributed by atoms with Crippen LogP contribution in [0.3, 0.4) is 0 Å². The minimum absolute atomic E-state index is 1.16. The lowest BCUT2D eigenvalue weighted by atomic mass is 9.77. The molecule has 0 saturated carbocycles. The average molecular weight is 767 g/mol. The van der Waals surface area contributed by atoms with Crippen LogP contribution in [0.1, 0.15) is 22.3 Å². The van der Waals surface area contributed by atoms with Crippen LogP contribution in [0.15, 0.2) is 182 Å². The summed E-state index contributed by atoms with van der Waals surface area (Å²) in [5.74, 6) is 0. The second-order valence-corrected chi connectivity index (χ2v) is 16.5. The van der Waals surface area contributed by atoms with Crippen molar-refractivity contribution >= 4 is 43.6 Å². The summed E-state index contributed by atoms with van der Waals surface area (Å²) in [5, 5.41) is 5.03. The lowest BCUT2D eigenvalue weighted by Gasteiger charge is -2.28.